The predicted molar refractivity (Wildman–Crippen MR) is 89.5 cm³/mol. The zero-order chi connectivity index (χ0) is 15.7. The first-order valence-electron chi connectivity index (χ1n) is 6.32. The third-order valence-electron chi connectivity index (χ3n) is 2.91. The molecule has 112 valence electrons. The molecule has 1 aromatic carbocycles. The van der Waals surface area contributed by atoms with E-state index in [4.69, 9.17) is 11.6 Å². The summed E-state index contributed by atoms with van der Waals surface area (Å²) in [6.45, 7) is 1.76. The molecular weight excluding hydrogens is 343 g/mol. The van der Waals surface area contributed by atoms with Crippen molar-refractivity contribution in [2.45, 2.75) is 6.92 Å². The van der Waals surface area contributed by atoms with E-state index < -0.39 is 5.82 Å². The van der Waals surface area contributed by atoms with Crippen molar-refractivity contribution in [1.82, 2.24) is 4.98 Å². The summed E-state index contributed by atoms with van der Waals surface area (Å²) < 4.78 is 13.7. The molecule has 2 aromatic heterocycles. The molecule has 2 heterocycles. The Hall–Kier alpha value is -1.76. The second kappa shape index (κ2) is 6.16. The highest BCUT2D eigenvalue weighted by atomic mass is 35.5. The highest BCUT2D eigenvalue weighted by Gasteiger charge is 2.18. The van der Waals surface area contributed by atoms with E-state index in [0.717, 1.165) is 16.0 Å². The van der Waals surface area contributed by atoms with Crippen LogP contribution < -0.4 is 5.32 Å². The summed E-state index contributed by atoms with van der Waals surface area (Å²) in [4.78, 5) is 18.2. The number of nitrogens with zero attached hydrogens (tertiary/aromatic N) is 1. The molecule has 0 aliphatic heterocycles. The lowest BCUT2D eigenvalue weighted by Gasteiger charge is -2.05. The fourth-order valence-electron chi connectivity index (χ4n) is 1.88. The van der Waals surface area contributed by atoms with E-state index in [2.05, 4.69) is 10.3 Å². The van der Waals surface area contributed by atoms with Gasteiger partial charge in [-0.1, -0.05) is 17.7 Å². The first kappa shape index (κ1) is 15.1. The monoisotopic (exact) mass is 352 g/mol. The van der Waals surface area contributed by atoms with Crippen molar-refractivity contribution in [2.75, 3.05) is 5.32 Å². The summed E-state index contributed by atoms with van der Waals surface area (Å²) in [5, 5.41) is 5.58. The van der Waals surface area contributed by atoms with Gasteiger partial charge in [0.15, 0.2) is 0 Å². The largest absolute Gasteiger partial charge is 0.319 e. The van der Waals surface area contributed by atoms with Crippen molar-refractivity contribution in [3.8, 4) is 9.88 Å². The van der Waals surface area contributed by atoms with Crippen LogP contribution in [0.3, 0.4) is 0 Å². The maximum atomic E-state index is 13.7. The number of nitrogens with one attached hydrogen (secondary N) is 1. The van der Waals surface area contributed by atoms with Gasteiger partial charge in [-0.15, -0.1) is 22.7 Å². The van der Waals surface area contributed by atoms with E-state index in [1.165, 1.54) is 23.5 Å². The van der Waals surface area contributed by atoms with Crippen LogP contribution in [-0.2, 0) is 0 Å². The molecule has 0 bridgehead atoms. The second-order valence-corrected chi connectivity index (χ2v) is 6.87. The summed E-state index contributed by atoms with van der Waals surface area (Å²) in [6, 6.07) is 8.00. The van der Waals surface area contributed by atoms with Gasteiger partial charge in [0.25, 0.3) is 5.91 Å². The Morgan fingerprint density at radius 1 is 1.36 bits per heavy atom. The molecule has 3 aromatic rings. The average molecular weight is 353 g/mol. The second-order valence-electron chi connectivity index (χ2n) is 4.49. The van der Waals surface area contributed by atoms with Crippen LogP contribution in [0, 0.1) is 12.7 Å². The van der Waals surface area contributed by atoms with Gasteiger partial charge < -0.3 is 5.32 Å². The SMILES string of the molecule is Cc1nc(-c2cccs2)sc1C(=O)Nc1ccc(Cl)cc1F. The smallest absolute Gasteiger partial charge is 0.267 e. The number of aromatic nitrogens is 1. The Labute approximate surface area is 139 Å². The molecule has 0 spiro atoms. The highest BCUT2D eigenvalue weighted by molar-refractivity contribution is 7.22. The first-order valence-corrected chi connectivity index (χ1v) is 8.39. The van der Waals surface area contributed by atoms with Gasteiger partial charge in [0.2, 0.25) is 0 Å². The Bertz CT molecular complexity index is 830. The summed E-state index contributed by atoms with van der Waals surface area (Å²) in [5.74, 6) is -0.944. The predicted octanol–water partition coefficient (Wildman–Crippen LogP) is 5.22. The number of amides is 1. The van der Waals surface area contributed by atoms with Crippen LogP contribution >= 0.6 is 34.3 Å². The number of thiazole rings is 1. The molecular formula is C15H10ClFN2OS2. The van der Waals surface area contributed by atoms with Crippen LogP contribution in [0.25, 0.3) is 9.88 Å². The van der Waals surface area contributed by atoms with Crippen LogP contribution in [0.15, 0.2) is 35.7 Å². The van der Waals surface area contributed by atoms with Crippen LogP contribution in [0.4, 0.5) is 10.1 Å². The van der Waals surface area contributed by atoms with Crippen LogP contribution in [0.2, 0.25) is 5.02 Å². The molecule has 3 rings (SSSR count). The molecule has 0 aliphatic rings. The van der Waals surface area contributed by atoms with Crippen molar-refractivity contribution >= 4 is 45.9 Å². The third-order valence-corrected chi connectivity index (χ3v) is 5.34. The Kier molecular flexibility index (Phi) is 4.24. The lowest BCUT2D eigenvalue weighted by Crippen LogP contribution is -2.12. The number of halogens is 2. The maximum absolute atomic E-state index is 13.7. The zero-order valence-electron chi connectivity index (χ0n) is 11.4. The Morgan fingerprint density at radius 2 is 2.18 bits per heavy atom. The number of aryl methyl sites for hydroxylation is 1. The van der Waals surface area contributed by atoms with Crippen LogP contribution in [-0.4, -0.2) is 10.9 Å². The molecule has 0 radical (unpaired) electrons. The number of rotatable bonds is 3. The van der Waals surface area contributed by atoms with Crippen molar-refractivity contribution in [3.05, 3.63) is 57.1 Å². The van der Waals surface area contributed by atoms with Gasteiger partial charge in [-0.05, 0) is 36.6 Å². The zero-order valence-corrected chi connectivity index (χ0v) is 13.8. The number of benzene rings is 1. The molecule has 3 nitrogen and oxygen atoms in total. The third kappa shape index (κ3) is 3.04. The molecule has 0 saturated carbocycles. The number of carbonyl (C=O) groups is 1. The summed E-state index contributed by atoms with van der Waals surface area (Å²) in [6.07, 6.45) is 0. The van der Waals surface area contributed by atoms with E-state index in [0.29, 0.717) is 10.6 Å². The molecule has 7 heteroatoms. The number of thiophene rings is 1. The summed E-state index contributed by atoms with van der Waals surface area (Å²) in [5.41, 5.74) is 0.722. The lowest BCUT2D eigenvalue weighted by atomic mass is 10.3. The van der Waals surface area contributed by atoms with Crippen LogP contribution in [0.5, 0.6) is 0 Å². The number of carbonyl (C=O) groups excluding carboxylic acids is 1. The van der Waals surface area contributed by atoms with E-state index in [9.17, 15) is 9.18 Å². The van der Waals surface area contributed by atoms with Crippen molar-refractivity contribution in [3.63, 3.8) is 0 Å². The van der Waals surface area contributed by atoms with Crippen molar-refractivity contribution in [2.24, 2.45) is 0 Å². The van der Waals surface area contributed by atoms with Crippen molar-refractivity contribution in [1.29, 1.82) is 0 Å². The van der Waals surface area contributed by atoms with Gasteiger partial charge in [-0.3, -0.25) is 4.79 Å². The Balaban J connectivity index is 1.86. The standard InChI is InChI=1S/C15H10ClFN2OS2/c1-8-13(22-15(18-8)12-3-2-6-21-12)14(20)19-11-5-4-9(16)7-10(11)17/h2-7H,1H3,(H,19,20). The number of hydrogen-bond donors (Lipinski definition) is 1. The molecule has 0 atom stereocenters. The average Bonchev–Trinajstić information content (AvgIpc) is 3.10. The van der Waals surface area contributed by atoms with Gasteiger partial charge in [-0.2, -0.15) is 0 Å². The minimum Gasteiger partial charge on any atom is -0.319 e. The Morgan fingerprint density at radius 3 is 2.86 bits per heavy atom. The molecule has 0 aliphatic carbocycles. The van der Waals surface area contributed by atoms with Gasteiger partial charge in [0.1, 0.15) is 15.7 Å². The molecule has 1 amide bonds. The first-order chi connectivity index (χ1) is 10.5. The molecule has 0 fully saturated rings. The lowest BCUT2D eigenvalue weighted by molar-refractivity contribution is 0.102. The molecule has 22 heavy (non-hydrogen) atoms. The number of hydrogen-bond acceptors (Lipinski definition) is 4. The topological polar surface area (TPSA) is 42.0 Å². The van der Waals surface area contributed by atoms with Gasteiger partial charge in [0.05, 0.1) is 16.3 Å². The quantitative estimate of drug-likeness (QED) is 0.701. The van der Waals surface area contributed by atoms with Crippen molar-refractivity contribution < 1.29 is 9.18 Å². The normalized spacial score (nSPS) is 10.7. The number of anilines is 1. The van der Waals surface area contributed by atoms with Gasteiger partial charge >= 0.3 is 0 Å². The summed E-state index contributed by atoms with van der Waals surface area (Å²) in [7, 11) is 0. The minimum atomic E-state index is -0.568. The molecule has 0 unspecified atom stereocenters. The van der Waals surface area contributed by atoms with E-state index in [1.54, 1.807) is 18.3 Å². The maximum Gasteiger partial charge on any atom is 0.267 e. The molecule has 1 N–H and O–H groups in total. The molecule has 0 saturated heterocycles. The minimum absolute atomic E-state index is 0.0971. The van der Waals surface area contributed by atoms with Gasteiger partial charge in [0, 0.05) is 5.02 Å². The summed E-state index contributed by atoms with van der Waals surface area (Å²) >= 11 is 8.55. The fraction of sp³-hybridized carbons (Fsp3) is 0.0667. The van der Waals surface area contributed by atoms with E-state index >= 15 is 0 Å². The van der Waals surface area contributed by atoms with E-state index in [1.807, 2.05) is 17.5 Å². The van der Waals surface area contributed by atoms with E-state index in [-0.39, 0.29) is 16.6 Å². The fourth-order valence-corrected chi connectivity index (χ4v) is 3.80. The highest BCUT2D eigenvalue weighted by Crippen LogP contribution is 2.31. The van der Waals surface area contributed by atoms with Gasteiger partial charge in [-0.25, -0.2) is 9.37 Å². The van der Waals surface area contributed by atoms with Crippen LogP contribution in [0.1, 0.15) is 15.4 Å².